The lowest BCUT2D eigenvalue weighted by atomic mass is 10.2. The Kier molecular flexibility index (Phi) is 3.72. The molecule has 1 aliphatic rings. The van der Waals surface area contributed by atoms with Gasteiger partial charge in [-0.2, -0.15) is 0 Å². The highest BCUT2D eigenvalue weighted by molar-refractivity contribution is 5.91. The molecule has 1 saturated heterocycles. The minimum atomic E-state index is -0.0162. The van der Waals surface area contributed by atoms with Gasteiger partial charge in [-0.1, -0.05) is 30.3 Å². The number of benzene rings is 1. The van der Waals surface area contributed by atoms with E-state index in [1.54, 1.807) is 6.08 Å². The maximum Gasteiger partial charge on any atom is 0.244 e. The molecule has 84 valence electrons. The SMILES string of the molecule is O=C(C=Cc1ccccc1)N[C@@H]1CCNC1. The van der Waals surface area contributed by atoms with Crippen molar-refractivity contribution in [1.82, 2.24) is 10.6 Å². The van der Waals surface area contributed by atoms with Crippen LogP contribution in [0.5, 0.6) is 0 Å². The molecule has 16 heavy (non-hydrogen) atoms. The van der Waals surface area contributed by atoms with E-state index >= 15 is 0 Å². The first-order valence-corrected chi connectivity index (χ1v) is 5.59. The van der Waals surface area contributed by atoms with Gasteiger partial charge in [0.05, 0.1) is 0 Å². The zero-order valence-corrected chi connectivity index (χ0v) is 9.15. The molecule has 1 aromatic carbocycles. The Hall–Kier alpha value is -1.61. The summed E-state index contributed by atoms with van der Waals surface area (Å²) in [5.41, 5.74) is 1.04. The highest BCUT2D eigenvalue weighted by atomic mass is 16.1. The normalized spacial score (nSPS) is 20.1. The molecular formula is C13H16N2O. The van der Waals surface area contributed by atoms with Gasteiger partial charge in [0.15, 0.2) is 0 Å². The molecule has 1 aliphatic heterocycles. The van der Waals surface area contributed by atoms with Gasteiger partial charge in [-0.3, -0.25) is 4.79 Å². The van der Waals surface area contributed by atoms with Crippen molar-refractivity contribution in [2.45, 2.75) is 12.5 Å². The third-order valence-corrected chi connectivity index (χ3v) is 2.63. The van der Waals surface area contributed by atoms with E-state index in [2.05, 4.69) is 10.6 Å². The van der Waals surface area contributed by atoms with Gasteiger partial charge < -0.3 is 10.6 Å². The molecule has 3 heteroatoms. The van der Waals surface area contributed by atoms with E-state index in [1.165, 1.54) is 0 Å². The molecule has 0 aliphatic carbocycles. The molecule has 0 radical (unpaired) electrons. The first kappa shape index (κ1) is 10.9. The van der Waals surface area contributed by atoms with Crippen molar-refractivity contribution < 1.29 is 4.79 Å². The summed E-state index contributed by atoms with van der Waals surface area (Å²) < 4.78 is 0. The summed E-state index contributed by atoms with van der Waals surface area (Å²) in [6.07, 6.45) is 4.44. The number of hydrogen-bond donors (Lipinski definition) is 2. The summed E-state index contributed by atoms with van der Waals surface area (Å²) in [5, 5.41) is 6.17. The molecule has 1 fully saturated rings. The summed E-state index contributed by atoms with van der Waals surface area (Å²) in [7, 11) is 0. The summed E-state index contributed by atoms with van der Waals surface area (Å²) in [4.78, 5) is 11.5. The molecule has 0 bridgehead atoms. The van der Waals surface area contributed by atoms with E-state index in [0.717, 1.165) is 25.1 Å². The van der Waals surface area contributed by atoms with Gasteiger partial charge in [0.25, 0.3) is 0 Å². The molecule has 0 aromatic heterocycles. The molecule has 2 rings (SSSR count). The maximum atomic E-state index is 11.5. The Morgan fingerprint density at radius 1 is 1.38 bits per heavy atom. The highest BCUT2D eigenvalue weighted by Gasteiger charge is 2.14. The van der Waals surface area contributed by atoms with Gasteiger partial charge in [-0.15, -0.1) is 0 Å². The molecule has 1 atom stereocenters. The Bertz CT molecular complexity index is 367. The van der Waals surface area contributed by atoms with Gasteiger partial charge in [0, 0.05) is 18.7 Å². The predicted molar refractivity (Wildman–Crippen MR) is 64.9 cm³/mol. The molecule has 0 unspecified atom stereocenters. The minimum Gasteiger partial charge on any atom is -0.348 e. The van der Waals surface area contributed by atoms with Crippen molar-refractivity contribution in [3.8, 4) is 0 Å². The largest absolute Gasteiger partial charge is 0.348 e. The molecule has 0 saturated carbocycles. The van der Waals surface area contributed by atoms with Crippen molar-refractivity contribution in [1.29, 1.82) is 0 Å². The topological polar surface area (TPSA) is 41.1 Å². The van der Waals surface area contributed by atoms with Crippen LogP contribution in [0, 0.1) is 0 Å². The fraction of sp³-hybridized carbons (Fsp3) is 0.308. The molecule has 1 heterocycles. The van der Waals surface area contributed by atoms with Crippen LogP contribution < -0.4 is 10.6 Å². The van der Waals surface area contributed by atoms with E-state index < -0.39 is 0 Å². The van der Waals surface area contributed by atoms with E-state index in [-0.39, 0.29) is 11.9 Å². The molecule has 2 N–H and O–H groups in total. The van der Waals surface area contributed by atoms with E-state index in [1.807, 2.05) is 36.4 Å². The van der Waals surface area contributed by atoms with Gasteiger partial charge in [-0.05, 0) is 24.6 Å². The predicted octanol–water partition coefficient (Wildman–Crippen LogP) is 1.18. The van der Waals surface area contributed by atoms with Crippen LogP contribution in [0.2, 0.25) is 0 Å². The van der Waals surface area contributed by atoms with Gasteiger partial charge in [0.2, 0.25) is 5.91 Å². The zero-order chi connectivity index (χ0) is 11.2. The lowest BCUT2D eigenvalue weighted by Crippen LogP contribution is -2.34. The number of hydrogen-bond acceptors (Lipinski definition) is 2. The van der Waals surface area contributed by atoms with Gasteiger partial charge >= 0.3 is 0 Å². The maximum absolute atomic E-state index is 11.5. The zero-order valence-electron chi connectivity index (χ0n) is 9.15. The van der Waals surface area contributed by atoms with Crippen LogP contribution in [-0.4, -0.2) is 25.0 Å². The molecule has 3 nitrogen and oxygen atoms in total. The van der Waals surface area contributed by atoms with Gasteiger partial charge in [-0.25, -0.2) is 0 Å². The quantitative estimate of drug-likeness (QED) is 0.745. The minimum absolute atomic E-state index is 0.0162. The lowest BCUT2D eigenvalue weighted by Gasteiger charge is -2.08. The van der Waals surface area contributed by atoms with Crippen LogP contribution >= 0.6 is 0 Å². The summed E-state index contributed by atoms with van der Waals surface area (Å²) >= 11 is 0. The average Bonchev–Trinajstić information content (AvgIpc) is 2.81. The lowest BCUT2D eigenvalue weighted by molar-refractivity contribution is -0.117. The van der Waals surface area contributed by atoms with E-state index in [4.69, 9.17) is 0 Å². The molecule has 1 amide bonds. The second-order valence-corrected chi connectivity index (χ2v) is 3.94. The Balaban J connectivity index is 1.84. The van der Waals surface area contributed by atoms with Crippen molar-refractivity contribution in [3.05, 3.63) is 42.0 Å². The van der Waals surface area contributed by atoms with Crippen LogP contribution in [-0.2, 0) is 4.79 Å². The Labute approximate surface area is 95.6 Å². The molecule has 0 spiro atoms. The van der Waals surface area contributed by atoms with Crippen LogP contribution in [0.4, 0.5) is 0 Å². The number of carbonyl (C=O) groups is 1. The summed E-state index contributed by atoms with van der Waals surface area (Å²) in [6.45, 7) is 1.87. The molecular weight excluding hydrogens is 200 g/mol. The smallest absolute Gasteiger partial charge is 0.244 e. The number of rotatable bonds is 3. The number of nitrogens with one attached hydrogen (secondary N) is 2. The summed E-state index contributed by atoms with van der Waals surface area (Å²) in [6, 6.07) is 10.1. The van der Waals surface area contributed by atoms with Crippen molar-refractivity contribution in [2.75, 3.05) is 13.1 Å². The number of carbonyl (C=O) groups excluding carboxylic acids is 1. The van der Waals surface area contributed by atoms with E-state index in [0.29, 0.717) is 0 Å². The van der Waals surface area contributed by atoms with E-state index in [9.17, 15) is 4.79 Å². The third kappa shape index (κ3) is 3.21. The second-order valence-electron chi connectivity index (χ2n) is 3.94. The first-order valence-electron chi connectivity index (χ1n) is 5.59. The van der Waals surface area contributed by atoms with Crippen LogP contribution in [0.25, 0.3) is 6.08 Å². The first-order chi connectivity index (χ1) is 7.84. The number of amides is 1. The van der Waals surface area contributed by atoms with Crippen LogP contribution in [0.15, 0.2) is 36.4 Å². The third-order valence-electron chi connectivity index (χ3n) is 2.63. The van der Waals surface area contributed by atoms with Crippen LogP contribution in [0.1, 0.15) is 12.0 Å². The van der Waals surface area contributed by atoms with Crippen LogP contribution in [0.3, 0.4) is 0 Å². The average molecular weight is 216 g/mol. The fourth-order valence-corrected chi connectivity index (χ4v) is 1.76. The Morgan fingerprint density at radius 3 is 2.88 bits per heavy atom. The molecule has 1 aromatic rings. The standard InChI is InChI=1S/C13H16N2O/c16-13(15-12-8-9-14-10-12)7-6-11-4-2-1-3-5-11/h1-7,12,14H,8-10H2,(H,15,16)/t12-/m1/s1. The second kappa shape index (κ2) is 5.47. The monoisotopic (exact) mass is 216 g/mol. The van der Waals surface area contributed by atoms with Crippen molar-refractivity contribution in [2.24, 2.45) is 0 Å². The summed E-state index contributed by atoms with van der Waals surface area (Å²) in [5.74, 6) is -0.0162. The Morgan fingerprint density at radius 2 is 2.19 bits per heavy atom. The fourth-order valence-electron chi connectivity index (χ4n) is 1.76. The highest BCUT2D eigenvalue weighted by Crippen LogP contribution is 2.01. The van der Waals surface area contributed by atoms with Crippen molar-refractivity contribution in [3.63, 3.8) is 0 Å². The van der Waals surface area contributed by atoms with Crippen molar-refractivity contribution >= 4 is 12.0 Å². The van der Waals surface area contributed by atoms with Gasteiger partial charge in [0.1, 0.15) is 0 Å².